The molecule has 0 bridgehead atoms. The van der Waals surface area contributed by atoms with Gasteiger partial charge in [0.2, 0.25) is 0 Å². The third kappa shape index (κ3) is 4.91. The Labute approximate surface area is 146 Å². The zero-order valence-electron chi connectivity index (χ0n) is 14.5. The molecule has 24 heavy (non-hydrogen) atoms. The van der Waals surface area contributed by atoms with Gasteiger partial charge in [0.25, 0.3) is 0 Å². The van der Waals surface area contributed by atoms with Crippen molar-refractivity contribution < 1.29 is 0 Å². The summed E-state index contributed by atoms with van der Waals surface area (Å²) in [6.07, 6.45) is 2.30. The van der Waals surface area contributed by atoms with Gasteiger partial charge in [-0.1, -0.05) is 60.7 Å². The molecule has 0 aromatic heterocycles. The van der Waals surface area contributed by atoms with Crippen LogP contribution in [0.4, 0.5) is 0 Å². The highest BCUT2D eigenvalue weighted by atomic mass is 15.3. The molecule has 1 fully saturated rings. The Balaban J connectivity index is 1.61. The topological polar surface area (TPSA) is 32.5 Å². The molecule has 3 nitrogen and oxygen atoms in total. The lowest BCUT2D eigenvalue weighted by Crippen LogP contribution is -2.52. The largest absolute Gasteiger partial charge is 0.330 e. The van der Waals surface area contributed by atoms with E-state index in [4.69, 9.17) is 5.73 Å². The molecule has 0 aliphatic carbocycles. The van der Waals surface area contributed by atoms with Crippen molar-refractivity contribution >= 4 is 0 Å². The Morgan fingerprint density at radius 2 is 1.46 bits per heavy atom. The Morgan fingerprint density at radius 1 is 0.833 bits per heavy atom. The van der Waals surface area contributed by atoms with Crippen LogP contribution in [0.2, 0.25) is 0 Å². The van der Waals surface area contributed by atoms with Crippen LogP contribution in [0.3, 0.4) is 0 Å². The molecule has 1 aliphatic heterocycles. The first kappa shape index (κ1) is 17.2. The number of nitrogens with two attached hydrogens (primary N) is 1. The van der Waals surface area contributed by atoms with Crippen molar-refractivity contribution in [2.45, 2.75) is 32.0 Å². The predicted molar refractivity (Wildman–Crippen MR) is 101 cm³/mol. The molecule has 2 aromatic rings. The van der Waals surface area contributed by atoms with Gasteiger partial charge in [-0.3, -0.25) is 9.80 Å². The molecule has 1 atom stereocenters. The van der Waals surface area contributed by atoms with Gasteiger partial charge in [0.1, 0.15) is 0 Å². The summed E-state index contributed by atoms with van der Waals surface area (Å²) in [5.74, 6) is 0. The molecule has 0 radical (unpaired) electrons. The van der Waals surface area contributed by atoms with E-state index in [1.165, 1.54) is 17.5 Å². The monoisotopic (exact) mass is 323 g/mol. The van der Waals surface area contributed by atoms with Gasteiger partial charge in [0.05, 0.1) is 0 Å². The van der Waals surface area contributed by atoms with Gasteiger partial charge in [-0.25, -0.2) is 0 Å². The lowest BCUT2D eigenvalue weighted by molar-refractivity contribution is 0.0588. The molecule has 1 heterocycles. The summed E-state index contributed by atoms with van der Waals surface area (Å²) < 4.78 is 0. The average Bonchev–Trinajstić information content (AvgIpc) is 2.63. The second kappa shape index (κ2) is 8.97. The molecular formula is C21H29N3. The molecule has 1 saturated heterocycles. The maximum absolute atomic E-state index is 5.77. The fraction of sp³-hybridized carbons (Fsp3) is 0.429. The van der Waals surface area contributed by atoms with Gasteiger partial charge in [-0.05, 0) is 30.5 Å². The van der Waals surface area contributed by atoms with Crippen LogP contribution in [0.1, 0.15) is 24.0 Å². The van der Waals surface area contributed by atoms with Crippen LogP contribution in [-0.2, 0) is 13.1 Å². The third-order valence-electron chi connectivity index (χ3n) is 4.91. The van der Waals surface area contributed by atoms with Gasteiger partial charge < -0.3 is 5.73 Å². The molecule has 0 spiro atoms. The van der Waals surface area contributed by atoms with Gasteiger partial charge in [-0.15, -0.1) is 0 Å². The summed E-state index contributed by atoms with van der Waals surface area (Å²) in [4.78, 5) is 5.24. The first-order chi connectivity index (χ1) is 11.8. The second-order valence-corrected chi connectivity index (χ2v) is 6.76. The minimum atomic E-state index is 0.603. The molecule has 1 unspecified atom stereocenters. The summed E-state index contributed by atoms with van der Waals surface area (Å²) in [7, 11) is 0. The Morgan fingerprint density at radius 3 is 2.08 bits per heavy atom. The van der Waals surface area contributed by atoms with Crippen molar-refractivity contribution in [3.8, 4) is 0 Å². The minimum absolute atomic E-state index is 0.603. The maximum Gasteiger partial charge on any atom is 0.0237 e. The Hall–Kier alpha value is -1.68. The molecule has 2 aromatic carbocycles. The number of piperazine rings is 1. The van der Waals surface area contributed by atoms with E-state index in [0.717, 1.165) is 45.7 Å². The smallest absolute Gasteiger partial charge is 0.0237 e. The van der Waals surface area contributed by atoms with E-state index in [0.29, 0.717) is 6.04 Å². The third-order valence-corrected chi connectivity index (χ3v) is 4.91. The van der Waals surface area contributed by atoms with E-state index < -0.39 is 0 Å². The van der Waals surface area contributed by atoms with Gasteiger partial charge in [-0.2, -0.15) is 0 Å². The molecule has 3 heteroatoms. The lowest BCUT2D eigenvalue weighted by atomic mass is 10.0. The molecule has 2 N–H and O–H groups in total. The quantitative estimate of drug-likeness (QED) is 0.850. The van der Waals surface area contributed by atoms with E-state index in [1.54, 1.807) is 0 Å². The summed E-state index contributed by atoms with van der Waals surface area (Å²) >= 11 is 0. The molecule has 1 aliphatic rings. The molecular weight excluding hydrogens is 294 g/mol. The van der Waals surface area contributed by atoms with E-state index in [9.17, 15) is 0 Å². The van der Waals surface area contributed by atoms with Crippen LogP contribution in [-0.4, -0.2) is 42.0 Å². The van der Waals surface area contributed by atoms with Crippen LogP contribution >= 0.6 is 0 Å². The van der Waals surface area contributed by atoms with Crippen molar-refractivity contribution in [3.05, 3.63) is 71.8 Å². The van der Waals surface area contributed by atoms with Gasteiger partial charge in [0, 0.05) is 38.8 Å². The van der Waals surface area contributed by atoms with Crippen LogP contribution in [0.25, 0.3) is 0 Å². The fourth-order valence-corrected chi connectivity index (χ4v) is 3.60. The number of benzene rings is 2. The fourth-order valence-electron chi connectivity index (χ4n) is 3.60. The van der Waals surface area contributed by atoms with Crippen LogP contribution in [0, 0.1) is 0 Å². The number of nitrogens with zero attached hydrogens (tertiary/aromatic N) is 2. The van der Waals surface area contributed by atoms with E-state index in [1.807, 2.05) is 0 Å². The number of hydrogen-bond donors (Lipinski definition) is 1. The zero-order chi connectivity index (χ0) is 16.6. The van der Waals surface area contributed by atoms with Crippen molar-refractivity contribution in [1.82, 2.24) is 9.80 Å². The van der Waals surface area contributed by atoms with E-state index in [2.05, 4.69) is 70.5 Å². The zero-order valence-corrected chi connectivity index (χ0v) is 14.5. The van der Waals surface area contributed by atoms with Gasteiger partial charge in [0.15, 0.2) is 0 Å². The molecule has 128 valence electrons. The lowest BCUT2D eigenvalue weighted by Gasteiger charge is -2.41. The normalized spacial score (nSPS) is 19.5. The molecule has 3 rings (SSSR count). The summed E-state index contributed by atoms with van der Waals surface area (Å²) in [6.45, 7) is 6.31. The van der Waals surface area contributed by atoms with Crippen molar-refractivity contribution in [2.75, 3.05) is 26.2 Å². The average molecular weight is 323 g/mol. The Bertz CT molecular complexity index is 585. The number of hydrogen-bond acceptors (Lipinski definition) is 3. The standard InChI is InChI=1S/C21H29N3/c22-13-7-12-21-18-23(16-19-8-3-1-4-9-19)14-15-24(21)17-20-10-5-2-6-11-20/h1-6,8-11,21H,7,12-18,22H2. The maximum atomic E-state index is 5.77. The number of rotatable bonds is 7. The van der Waals surface area contributed by atoms with Crippen molar-refractivity contribution in [2.24, 2.45) is 5.73 Å². The van der Waals surface area contributed by atoms with Crippen molar-refractivity contribution in [3.63, 3.8) is 0 Å². The highest BCUT2D eigenvalue weighted by Gasteiger charge is 2.26. The van der Waals surface area contributed by atoms with Crippen LogP contribution in [0.5, 0.6) is 0 Å². The van der Waals surface area contributed by atoms with E-state index in [-0.39, 0.29) is 0 Å². The SMILES string of the molecule is NCCCC1CN(Cc2ccccc2)CCN1Cc1ccccc1. The van der Waals surface area contributed by atoms with E-state index >= 15 is 0 Å². The summed E-state index contributed by atoms with van der Waals surface area (Å²) in [5, 5.41) is 0. The molecule has 0 amide bonds. The highest BCUT2D eigenvalue weighted by molar-refractivity contribution is 5.16. The Kier molecular flexibility index (Phi) is 6.41. The predicted octanol–water partition coefficient (Wildman–Crippen LogP) is 3.11. The highest BCUT2D eigenvalue weighted by Crippen LogP contribution is 2.19. The van der Waals surface area contributed by atoms with Crippen LogP contribution in [0.15, 0.2) is 60.7 Å². The minimum Gasteiger partial charge on any atom is -0.330 e. The summed E-state index contributed by atoms with van der Waals surface area (Å²) in [5.41, 5.74) is 8.59. The second-order valence-electron chi connectivity index (χ2n) is 6.76. The molecule has 0 saturated carbocycles. The van der Waals surface area contributed by atoms with Crippen LogP contribution < -0.4 is 5.73 Å². The van der Waals surface area contributed by atoms with Crippen molar-refractivity contribution in [1.29, 1.82) is 0 Å². The first-order valence-corrected chi connectivity index (χ1v) is 9.09. The van der Waals surface area contributed by atoms with Gasteiger partial charge >= 0.3 is 0 Å². The summed E-state index contributed by atoms with van der Waals surface area (Å²) in [6, 6.07) is 22.2. The first-order valence-electron chi connectivity index (χ1n) is 9.09.